The number of hydrogen-bond donors (Lipinski definition) is 1. The molecule has 2 fully saturated rings. The summed E-state index contributed by atoms with van der Waals surface area (Å²) < 4.78 is 0.706. The first-order valence-corrected chi connectivity index (χ1v) is 6.98. The second kappa shape index (κ2) is 4.41. The van der Waals surface area contributed by atoms with Gasteiger partial charge in [0.25, 0.3) is 0 Å². The van der Waals surface area contributed by atoms with E-state index in [4.69, 9.17) is 0 Å². The van der Waals surface area contributed by atoms with Gasteiger partial charge in [-0.3, -0.25) is 4.79 Å². The van der Waals surface area contributed by atoms with Crippen molar-refractivity contribution in [3.63, 3.8) is 0 Å². The number of pyridine rings is 1. The summed E-state index contributed by atoms with van der Waals surface area (Å²) in [7, 11) is 0. The number of carbonyl (C=O) groups excluding carboxylic acids is 1. The number of fused-ring (bicyclic) bond motifs is 1. The highest BCUT2D eigenvalue weighted by Gasteiger charge is 2.54. The van der Waals surface area contributed by atoms with E-state index in [0.29, 0.717) is 16.4 Å². The minimum Gasteiger partial charge on any atom is -0.324 e. The zero-order valence-electron chi connectivity index (χ0n) is 9.53. The van der Waals surface area contributed by atoms with Crippen LogP contribution in [0, 0.1) is 17.8 Å². The van der Waals surface area contributed by atoms with Crippen molar-refractivity contribution in [1.29, 1.82) is 0 Å². The Labute approximate surface area is 109 Å². The molecule has 3 rings (SSSR count). The number of aromatic nitrogens is 1. The van der Waals surface area contributed by atoms with Crippen molar-refractivity contribution in [2.24, 2.45) is 17.8 Å². The number of hydrogen-bond acceptors (Lipinski definition) is 2. The minimum absolute atomic E-state index is 0.176. The number of carbonyl (C=O) groups is 1. The number of amides is 1. The van der Waals surface area contributed by atoms with Crippen molar-refractivity contribution in [2.45, 2.75) is 25.7 Å². The molecule has 17 heavy (non-hydrogen) atoms. The molecule has 90 valence electrons. The van der Waals surface area contributed by atoms with Crippen LogP contribution in [0.1, 0.15) is 25.7 Å². The summed E-state index contributed by atoms with van der Waals surface area (Å²) in [6.45, 7) is 0. The van der Waals surface area contributed by atoms with Gasteiger partial charge in [0.1, 0.15) is 4.60 Å². The van der Waals surface area contributed by atoms with Gasteiger partial charge < -0.3 is 5.32 Å². The van der Waals surface area contributed by atoms with Gasteiger partial charge in [0.2, 0.25) is 5.91 Å². The molecule has 1 amide bonds. The summed E-state index contributed by atoms with van der Waals surface area (Å²) in [5.41, 5.74) is 0.779. The number of rotatable bonds is 2. The van der Waals surface area contributed by atoms with E-state index in [1.165, 1.54) is 25.7 Å². The second-order valence-electron chi connectivity index (χ2n) is 4.97. The normalized spacial score (nSPS) is 30.5. The molecule has 0 aromatic carbocycles. The van der Waals surface area contributed by atoms with Gasteiger partial charge in [-0.1, -0.05) is 12.8 Å². The number of halogens is 1. The first-order valence-electron chi connectivity index (χ1n) is 6.19. The second-order valence-corrected chi connectivity index (χ2v) is 5.72. The molecule has 2 saturated carbocycles. The Morgan fingerprint density at radius 1 is 1.35 bits per heavy atom. The zero-order chi connectivity index (χ0) is 11.8. The van der Waals surface area contributed by atoms with E-state index in [1.807, 2.05) is 12.1 Å². The van der Waals surface area contributed by atoms with Crippen LogP contribution in [0.15, 0.2) is 22.9 Å². The van der Waals surface area contributed by atoms with E-state index in [1.54, 1.807) is 6.20 Å². The molecule has 3 nitrogen and oxygen atoms in total. The van der Waals surface area contributed by atoms with Crippen molar-refractivity contribution < 1.29 is 4.79 Å². The van der Waals surface area contributed by atoms with E-state index < -0.39 is 0 Å². The molecule has 0 spiro atoms. The molecule has 0 bridgehead atoms. The Balaban J connectivity index is 1.67. The predicted octanol–water partition coefficient (Wildman–Crippen LogP) is 3.22. The molecule has 0 aliphatic heterocycles. The van der Waals surface area contributed by atoms with Gasteiger partial charge in [-0.2, -0.15) is 0 Å². The van der Waals surface area contributed by atoms with Gasteiger partial charge in [0, 0.05) is 12.1 Å². The van der Waals surface area contributed by atoms with E-state index in [9.17, 15) is 4.79 Å². The molecular formula is C13H15BrN2O. The molecule has 2 aliphatic carbocycles. The molecule has 1 aromatic rings. The summed E-state index contributed by atoms with van der Waals surface area (Å²) in [6.07, 6.45) is 6.76. The largest absolute Gasteiger partial charge is 0.324 e. The molecule has 2 aliphatic rings. The van der Waals surface area contributed by atoms with Gasteiger partial charge in [-0.05, 0) is 52.7 Å². The Bertz CT molecular complexity index is 437. The lowest BCUT2D eigenvalue weighted by Gasteiger charge is -2.05. The van der Waals surface area contributed by atoms with Crippen LogP contribution >= 0.6 is 15.9 Å². The van der Waals surface area contributed by atoms with Crippen LogP contribution in [0.25, 0.3) is 0 Å². The fourth-order valence-corrected chi connectivity index (χ4v) is 3.43. The summed E-state index contributed by atoms with van der Waals surface area (Å²) in [4.78, 5) is 16.2. The van der Waals surface area contributed by atoms with E-state index in [2.05, 4.69) is 26.2 Å². The highest BCUT2D eigenvalue weighted by atomic mass is 79.9. The van der Waals surface area contributed by atoms with Crippen LogP contribution in [0.5, 0.6) is 0 Å². The predicted molar refractivity (Wildman–Crippen MR) is 69.5 cm³/mol. The van der Waals surface area contributed by atoms with Crippen molar-refractivity contribution in [1.82, 2.24) is 4.98 Å². The molecule has 1 heterocycles. The van der Waals surface area contributed by atoms with Gasteiger partial charge in [-0.15, -0.1) is 0 Å². The summed E-state index contributed by atoms with van der Waals surface area (Å²) in [5, 5.41) is 2.98. The Morgan fingerprint density at radius 3 is 2.71 bits per heavy atom. The van der Waals surface area contributed by atoms with Crippen molar-refractivity contribution in [2.75, 3.05) is 5.32 Å². The van der Waals surface area contributed by atoms with Crippen LogP contribution in [-0.2, 0) is 4.79 Å². The maximum Gasteiger partial charge on any atom is 0.228 e. The molecular weight excluding hydrogens is 280 g/mol. The van der Waals surface area contributed by atoms with Gasteiger partial charge in [0.05, 0.1) is 5.69 Å². The van der Waals surface area contributed by atoms with Crippen LogP contribution in [0.3, 0.4) is 0 Å². The zero-order valence-corrected chi connectivity index (χ0v) is 11.1. The summed E-state index contributed by atoms with van der Waals surface area (Å²) >= 11 is 3.35. The fourth-order valence-electron chi connectivity index (χ4n) is 3.08. The number of anilines is 1. The highest BCUT2D eigenvalue weighted by molar-refractivity contribution is 9.10. The molecule has 1 N–H and O–H groups in total. The third-order valence-corrected chi connectivity index (χ3v) is 4.61. The smallest absolute Gasteiger partial charge is 0.228 e. The number of nitrogens with zero attached hydrogens (tertiary/aromatic N) is 1. The topological polar surface area (TPSA) is 42.0 Å². The lowest BCUT2D eigenvalue weighted by molar-refractivity contribution is -0.117. The lowest BCUT2D eigenvalue weighted by Crippen LogP contribution is -2.16. The molecule has 2 unspecified atom stereocenters. The SMILES string of the molecule is O=C(Nc1cccnc1Br)C1C2CCCCC21. The molecule has 0 saturated heterocycles. The first-order chi connectivity index (χ1) is 8.27. The van der Waals surface area contributed by atoms with Gasteiger partial charge in [-0.25, -0.2) is 4.98 Å². The van der Waals surface area contributed by atoms with Crippen LogP contribution in [0.4, 0.5) is 5.69 Å². The Kier molecular flexibility index (Phi) is 2.90. The molecule has 4 heteroatoms. The Hall–Kier alpha value is -0.900. The van der Waals surface area contributed by atoms with E-state index in [-0.39, 0.29) is 11.8 Å². The third-order valence-electron chi connectivity index (χ3n) is 3.98. The average Bonchev–Trinajstić information content (AvgIpc) is 3.06. The summed E-state index contributed by atoms with van der Waals surface area (Å²) in [6, 6.07) is 3.71. The fraction of sp³-hybridized carbons (Fsp3) is 0.538. The van der Waals surface area contributed by atoms with Crippen LogP contribution in [0.2, 0.25) is 0 Å². The van der Waals surface area contributed by atoms with Crippen molar-refractivity contribution in [3.05, 3.63) is 22.9 Å². The van der Waals surface area contributed by atoms with E-state index >= 15 is 0 Å². The lowest BCUT2D eigenvalue weighted by atomic mass is 10.0. The first kappa shape index (κ1) is 11.2. The van der Waals surface area contributed by atoms with Gasteiger partial charge in [0.15, 0.2) is 0 Å². The molecule has 1 aromatic heterocycles. The Morgan fingerprint density at radius 2 is 2.06 bits per heavy atom. The number of nitrogens with one attached hydrogen (secondary N) is 1. The quantitative estimate of drug-likeness (QED) is 0.851. The summed E-state index contributed by atoms with van der Waals surface area (Å²) in [5.74, 6) is 1.73. The minimum atomic E-state index is 0.176. The highest BCUT2D eigenvalue weighted by Crippen LogP contribution is 2.55. The van der Waals surface area contributed by atoms with Crippen molar-refractivity contribution in [3.8, 4) is 0 Å². The molecule has 0 radical (unpaired) electrons. The van der Waals surface area contributed by atoms with Gasteiger partial charge >= 0.3 is 0 Å². The standard InChI is InChI=1S/C13H15BrN2O/c14-12-10(6-3-7-15-12)16-13(17)11-8-4-1-2-5-9(8)11/h3,6-9,11H,1-2,4-5H2,(H,16,17). The van der Waals surface area contributed by atoms with E-state index in [0.717, 1.165) is 5.69 Å². The van der Waals surface area contributed by atoms with Crippen LogP contribution < -0.4 is 5.32 Å². The monoisotopic (exact) mass is 294 g/mol. The maximum absolute atomic E-state index is 12.1. The molecule has 2 atom stereocenters. The van der Waals surface area contributed by atoms with Crippen molar-refractivity contribution >= 4 is 27.5 Å². The third kappa shape index (κ3) is 2.10. The maximum atomic E-state index is 12.1. The average molecular weight is 295 g/mol. The van der Waals surface area contributed by atoms with Crippen LogP contribution in [-0.4, -0.2) is 10.9 Å².